The lowest BCUT2D eigenvalue weighted by molar-refractivity contribution is 0.201. The van der Waals surface area contributed by atoms with Gasteiger partial charge >= 0.3 is 0 Å². The molecule has 0 bridgehead atoms. The van der Waals surface area contributed by atoms with Gasteiger partial charge in [-0.1, -0.05) is 19.1 Å². The van der Waals surface area contributed by atoms with Gasteiger partial charge in [0.2, 0.25) is 0 Å². The molecule has 3 heteroatoms. The molecule has 1 aromatic carbocycles. The van der Waals surface area contributed by atoms with Crippen LogP contribution in [0.15, 0.2) is 24.3 Å². The Bertz CT molecular complexity index is 267. The van der Waals surface area contributed by atoms with Crippen molar-refractivity contribution < 1.29 is 9.84 Å². The largest absolute Gasteiger partial charge is 0.491 e. The summed E-state index contributed by atoms with van der Waals surface area (Å²) in [5.41, 5.74) is 1.26. The molecule has 0 fully saturated rings. The van der Waals surface area contributed by atoms with Crippen molar-refractivity contribution in [2.75, 3.05) is 20.3 Å². The predicted molar refractivity (Wildman–Crippen MR) is 61.1 cm³/mol. The van der Waals surface area contributed by atoms with Gasteiger partial charge in [-0.25, -0.2) is 0 Å². The van der Waals surface area contributed by atoms with E-state index in [1.54, 1.807) is 0 Å². The van der Waals surface area contributed by atoms with Crippen molar-refractivity contribution in [3.63, 3.8) is 0 Å². The Kier molecular flexibility index (Phi) is 5.15. The topological polar surface area (TPSA) is 41.5 Å². The molecule has 2 N–H and O–H groups in total. The number of benzene rings is 1. The van der Waals surface area contributed by atoms with Gasteiger partial charge in [0.1, 0.15) is 12.4 Å². The van der Waals surface area contributed by atoms with E-state index in [2.05, 4.69) is 24.4 Å². The minimum Gasteiger partial charge on any atom is -0.491 e. The van der Waals surface area contributed by atoms with Gasteiger partial charge in [0.25, 0.3) is 0 Å². The van der Waals surface area contributed by atoms with Gasteiger partial charge in [0.05, 0.1) is 6.61 Å². The lowest BCUT2D eigenvalue weighted by Crippen LogP contribution is -2.14. The Morgan fingerprint density at radius 2 is 2.00 bits per heavy atom. The summed E-state index contributed by atoms with van der Waals surface area (Å²) in [6.45, 7) is 2.55. The van der Waals surface area contributed by atoms with Crippen molar-refractivity contribution in [1.29, 1.82) is 0 Å². The number of nitrogens with one attached hydrogen (secondary N) is 1. The van der Waals surface area contributed by atoms with E-state index >= 15 is 0 Å². The first-order valence-electron chi connectivity index (χ1n) is 5.32. The van der Waals surface area contributed by atoms with Gasteiger partial charge in [-0.2, -0.15) is 0 Å². The summed E-state index contributed by atoms with van der Waals surface area (Å²) in [6.07, 6.45) is 1.06. The van der Waals surface area contributed by atoms with Gasteiger partial charge in [-0.15, -0.1) is 0 Å². The smallest absolute Gasteiger partial charge is 0.119 e. The third kappa shape index (κ3) is 3.53. The van der Waals surface area contributed by atoms with Gasteiger partial charge < -0.3 is 15.2 Å². The van der Waals surface area contributed by atoms with E-state index in [4.69, 9.17) is 9.84 Å². The van der Waals surface area contributed by atoms with Gasteiger partial charge in [-0.05, 0) is 31.2 Å². The molecule has 0 aliphatic heterocycles. The van der Waals surface area contributed by atoms with Crippen LogP contribution in [-0.2, 0) is 0 Å². The SMILES string of the molecule is CCC(NC)c1ccc(OCCO)cc1. The molecule has 1 unspecified atom stereocenters. The van der Waals surface area contributed by atoms with Gasteiger partial charge in [-0.3, -0.25) is 0 Å². The maximum Gasteiger partial charge on any atom is 0.119 e. The molecule has 0 radical (unpaired) electrons. The van der Waals surface area contributed by atoms with Crippen LogP contribution >= 0.6 is 0 Å². The number of hydrogen-bond donors (Lipinski definition) is 2. The fourth-order valence-electron chi connectivity index (χ4n) is 1.57. The van der Waals surface area contributed by atoms with E-state index in [1.807, 2.05) is 19.2 Å². The average molecular weight is 209 g/mol. The number of aliphatic hydroxyl groups excluding tert-OH is 1. The monoisotopic (exact) mass is 209 g/mol. The molecule has 1 atom stereocenters. The Morgan fingerprint density at radius 1 is 1.33 bits per heavy atom. The molecule has 0 aliphatic rings. The van der Waals surface area contributed by atoms with E-state index in [1.165, 1.54) is 5.56 Å². The van der Waals surface area contributed by atoms with Crippen molar-refractivity contribution >= 4 is 0 Å². The summed E-state index contributed by atoms with van der Waals surface area (Å²) in [5.74, 6) is 0.804. The van der Waals surface area contributed by atoms with E-state index < -0.39 is 0 Å². The normalized spacial score (nSPS) is 12.5. The summed E-state index contributed by atoms with van der Waals surface area (Å²) in [6, 6.07) is 8.38. The second kappa shape index (κ2) is 6.43. The quantitative estimate of drug-likeness (QED) is 0.749. The lowest BCUT2D eigenvalue weighted by atomic mass is 10.1. The number of aliphatic hydroxyl groups is 1. The van der Waals surface area contributed by atoms with Gasteiger partial charge in [0, 0.05) is 6.04 Å². The minimum absolute atomic E-state index is 0.0514. The molecule has 0 aliphatic carbocycles. The Balaban J connectivity index is 2.62. The maximum atomic E-state index is 8.61. The van der Waals surface area contributed by atoms with E-state index in [9.17, 15) is 0 Å². The third-order valence-corrected chi connectivity index (χ3v) is 2.40. The van der Waals surface area contributed by atoms with Crippen molar-refractivity contribution in [3.05, 3.63) is 29.8 Å². The van der Waals surface area contributed by atoms with Crippen LogP contribution in [0.2, 0.25) is 0 Å². The molecule has 1 aromatic rings. The van der Waals surface area contributed by atoms with E-state index in [0.717, 1.165) is 12.2 Å². The zero-order chi connectivity index (χ0) is 11.1. The zero-order valence-corrected chi connectivity index (χ0v) is 9.36. The molecule has 0 amide bonds. The zero-order valence-electron chi connectivity index (χ0n) is 9.36. The van der Waals surface area contributed by atoms with Crippen LogP contribution in [0.25, 0.3) is 0 Å². The highest BCUT2D eigenvalue weighted by Crippen LogP contribution is 2.19. The highest BCUT2D eigenvalue weighted by molar-refractivity contribution is 5.29. The van der Waals surface area contributed by atoms with E-state index in [0.29, 0.717) is 12.6 Å². The van der Waals surface area contributed by atoms with Crippen LogP contribution in [0.1, 0.15) is 24.9 Å². The van der Waals surface area contributed by atoms with Crippen molar-refractivity contribution in [2.24, 2.45) is 0 Å². The fraction of sp³-hybridized carbons (Fsp3) is 0.500. The molecular formula is C12H19NO2. The summed E-state index contributed by atoms with van der Waals surface area (Å²) in [7, 11) is 1.96. The predicted octanol–water partition coefficient (Wildman–Crippen LogP) is 1.73. The van der Waals surface area contributed by atoms with Crippen LogP contribution in [-0.4, -0.2) is 25.4 Å². The number of ether oxygens (including phenoxy) is 1. The summed E-state index contributed by atoms with van der Waals surface area (Å²) in [5, 5.41) is 11.9. The molecular weight excluding hydrogens is 190 g/mol. The highest BCUT2D eigenvalue weighted by atomic mass is 16.5. The van der Waals surface area contributed by atoms with Crippen molar-refractivity contribution in [2.45, 2.75) is 19.4 Å². The molecule has 0 spiro atoms. The van der Waals surface area contributed by atoms with Crippen LogP contribution < -0.4 is 10.1 Å². The molecule has 0 saturated heterocycles. The molecule has 0 heterocycles. The first kappa shape index (κ1) is 12.0. The Morgan fingerprint density at radius 3 is 2.47 bits per heavy atom. The second-order valence-corrected chi connectivity index (χ2v) is 3.39. The fourth-order valence-corrected chi connectivity index (χ4v) is 1.57. The molecule has 0 aromatic heterocycles. The van der Waals surface area contributed by atoms with E-state index in [-0.39, 0.29) is 6.61 Å². The van der Waals surface area contributed by atoms with Crippen LogP contribution in [0.5, 0.6) is 5.75 Å². The second-order valence-electron chi connectivity index (χ2n) is 3.39. The van der Waals surface area contributed by atoms with Crippen LogP contribution in [0.4, 0.5) is 0 Å². The summed E-state index contributed by atoms with van der Waals surface area (Å²) < 4.78 is 5.29. The molecule has 0 saturated carbocycles. The van der Waals surface area contributed by atoms with Crippen molar-refractivity contribution in [1.82, 2.24) is 5.32 Å². The Hall–Kier alpha value is -1.06. The minimum atomic E-state index is 0.0514. The molecule has 84 valence electrons. The number of hydrogen-bond acceptors (Lipinski definition) is 3. The first-order chi connectivity index (χ1) is 7.31. The lowest BCUT2D eigenvalue weighted by Gasteiger charge is -2.14. The first-order valence-corrected chi connectivity index (χ1v) is 5.32. The van der Waals surface area contributed by atoms with Crippen LogP contribution in [0, 0.1) is 0 Å². The van der Waals surface area contributed by atoms with Crippen molar-refractivity contribution in [3.8, 4) is 5.75 Å². The summed E-state index contributed by atoms with van der Waals surface area (Å²) >= 11 is 0. The summed E-state index contributed by atoms with van der Waals surface area (Å²) in [4.78, 5) is 0. The molecule has 1 rings (SSSR count). The average Bonchev–Trinajstić information content (AvgIpc) is 2.29. The molecule has 15 heavy (non-hydrogen) atoms. The third-order valence-electron chi connectivity index (χ3n) is 2.40. The number of rotatable bonds is 6. The maximum absolute atomic E-state index is 8.61. The standard InChI is InChI=1S/C12H19NO2/c1-3-12(13-2)10-4-6-11(7-5-10)15-9-8-14/h4-7,12-14H,3,8-9H2,1-2H3. The van der Waals surface area contributed by atoms with Crippen LogP contribution in [0.3, 0.4) is 0 Å². The molecule has 3 nitrogen and oxygen atoms in total. The van der Waals surface area contributed by atoms with Gasteiger partial charge in [0.15, 0.2) is 0 Å². The highest BCUT2D eigenvalue weighted by Gasteiger charge is 2.05. The Labute approximate surface area is 91.1 Å².